The smallest absolute Gasteiger partial charge is 0.336 e. The number of carboxylic acid groups (broad SMARTS) is 1. The van der Waals surface area contributed by atoms with E-state index >= 15 is 0 Å². The zero-order chi connectivity index (χ0) is 20.3. The predicted octanol–water partition coefficient (Wildman–Crippen LogP) is 2.45. The van der Waals surface area contributed by atoms with Crippen LogP contribution in [0.25, 0.3) is 11.0 Å². The summed E-state index contributed by atoms with van der Waals surface area (Å²) < 4.78 is 10.5. The molecule has 8 nitrogen and oxygen atoms in total. The van der Waals surface area contributed by atoms with E-state index < -0.39 is 17.5 Å². The van der Waals surface area contributed by atoms with Gasteiger partial charge in [0.1, 0.15) is 17.1 Å². The van der Waals surface area contributed by atoms with Crippen LogP contribution in [0, 0.1) is 6.92 Å². The fraction of sp³-hybridized carbons (Fsp3) is 0.150. The van der Waals surface area contributed by atoms with E-state index in [9.17, 15) is 19.5 Å². The second kappa shape index (κ2) is 7.83. The Bertz CT molecular complexity index is 1120. The Hall–Kier alpha value is -3.81. The van der Waals surface area contributed by atoms with Gasteiger partial charge in [-0.2, -0.15) is 0 Å². The molecule has 0 atom stereocenters. The van der Waals surface area contributed by atoms with Crippen molar-refractivity contribution < 1.29 is 29.0 Å². The molecule has 0 saturated heterocycles. The molecule has 0 saturated carbocycles. The molecule has 0 aliphatic rings. The fourth-order valence-corrected chi connectivity index (χ4v) is 2.70. The number of carboxylic acids is 1. The summed E-state index contributed by atoms with van der Waals surface area (Å²) in [6.45, 7) is 1.43. The SMILES string of the molecule is Cc1cc(=O)oc2cc(OCC(=O)Nc3cc(CC(=O)O)ccc3O)ccc12. The van der Waals surface area contributed by atoms with Crippen LogP contribution < -0.4 is 15.7 Å². The summed E-state index contributed by atoms with van der Waals surface area (Å²) in [4.78, 5) is 34.4. The zero-order valence-electron chi connectivity index (χ0n) is 14.9. The topological polar surface area (TPSA) is 126 Å². The molecule has 0 aliphatic heterocycles. The van der Waals surface area contributed by atoms with Crippen LogP contribution in [-0.2, 0) is 16.0 Å². The molecule has 28 heavy (non-hydrogen) atoms. The molecular weight excluding hydrogens is 366 g/mol. The van der Waals surface area contributed by atoms with E-state index in [0.717, 1.165) is 10.9 Å². The highest BCUT2D eigenvalue weighted by molar-refractivity contribution is 5.93. The van der Waals surface area contributed by atoms with Crippen molar-refractivity contribution in [2.24, 2.45) is 0 Å². The normalized spacial score (nSPS) is 10.6. The number of nitrogens with one attached hydrogen (secondary N) is 1. The number of ether oxygens (including phenoxy) is 1. The van der Waals surface area contributed by atoms with Gasteiger partial charge in [-0.25, -0.2) is 4.79 Å². The Morgan fingerprint density at radius 3 is 2.68 bits per heavy atom. The number of rotatable bonds is 6. The minimum Gasteiger partial charge on any atom is -0.506 e. The zero-order valence-corrected chi connectivity index (χ0v) is 14.9. The molecule has 1 amide bonds. The summed E-state index contributed by atoms with van der Waals surface area (Å²) in [6, 6.07) is 10.4. The van der Waals surface area contributed by atoms with Gasteiger partial charge >= 0.3 is 11.6 Å². The van der Waals surface area contributed by atoms with Gasteiger partial charge in [0.25, 0.3) is 5.91 Å². The van der Waals surface area contributed by atoms with Crippen molar-refractivity contribution in [3.8, 4) is 11.5 Å². The number of fused-ring (bicyclic) bond motifs is 1. The first-order valence-electron chi connectivity index (χ1n) is 8.32. The van der Waals surface area contributed by atoms with Gasteiger partial charge in [0, 0.05) is 17.5 Å². The van der Waals surface area contributed by atoms with E-state index in [4.69, 9.17) is 14.3 Å². The Kier molecular flexibility index (Phi) is 5.30. The van der Waals surface area contributed by atoms with Crippen LogP contribution in [0.2, 0.25) is 0 Å². The Morgan fingerprint density at radius 2 is 1.93 bits per heavy atom. The van der Waals surface area contributed by atoms with Gasteiger partial charge in [-0.1, -0.05) is 6.07 Å². The fourth-order valence-electron chi connectivity index (χ4n) is 2.70. The molecular formula is C20H17NO7. The highest BCUT2D eigenvalue weighted by atomic mass is 16.5. The summed E-state index contributed by atoms with van der Waals surface area (Å²) in [5.74, 6) is -1.43. The van der Waals surface area contributed by atoms with Crippen molar-refractivity contribution in [1.82, 2.24) is 0 Å². The standard InChI is InChI=1S/C20H17NO7/c1-11-6-20(26)28-17-9-13(3-4-14(11)17)27-10-18(23)21-15-7-12(8-19(24)25)2-5-16(15)22/h2-7,9,22H,8,10H2,1H3,(H,21,23)(H,24,25). The first-order chi connectivity index (χ1) is 13.3. The summed E-state index contributed by atoms with van der Waals surface area (Å²) in [7, 11) is 0. The van der Waals surface area contributed by atoms with Gasteiger partial charge in [0.15, 0.2) is 6.61 Å². The summed E-state index contributed by atoms with van der Waals surface area (Å²) in [5, 5.41) is 21.9. The van der Waals surface area contributed by atoms with Gasteiger partial charge in [0.2, 0.25) is 0 Å². The minimum atomic E-state index is -1.02. The van der Waals surface area contributed by atoms with Crippen molar-refractivity contribution in [3.63, 3.8) is 0 Å². The maximum atomic E-state index is 12.1. The first-order valence-corrected chi connectivity index (χ1v) is 8.32. The van der Waals surface area contributed by atoms with Gasteiger partial charge in [-0.3, -0.25) is 9.59 Å². The van der Waals surface area contributed by atoms with Gasteiger partial charge < -0.3 is 24.7 Å². The van der Waals surface area contributed by atoms with Crippen molar-refractivity contribution in [2.75, 3.05) is 11.9 Å². The molecule has 0 aliphatic carbocycles. The quantitative estimate of drug-likeness (QED) is 0.441. The van der Waals surface area contributed by atoms with E-state index in [0.29, 0.717) is 16.9 Å². The third-order valence-electron chi connectivity index (χ3n) is 3.98. The third kappa shape index (κ3) is 4.47. The lowest BCUT2D eigenvalue weighted by molar-refractivity contribution is -0.136. The van der Waals surface area contributed by atoms with Gasteiger partial charge in [-0.05, 0) is 42.3 Å². The number of aliphatic carboxylic acids is 1. The maximum absolute atomic E-state index is 12.1. The molecule has 0 spiro atoms. The number of aryl methyl sites for hydroxylation is 1. The third-order valence-corrected chi connectivity index (χ3v) is 3.98. The van der Waals surface area contributed by atoms with Gasteiger partial charge in [0.05, 0.1) is 12.1 Å². The number of phenolic OH excluding ortho intramolecular Hbond substituents is 1. The average Bonchev–Trinajstić information content (AvgIpc) is 2.62. The summed E-state index contributed by atoms with van der Waals surface area (Å²) in [5.41, 5.74) is 1.17. The van der Waals surface area contributed by atoms with Crippen LogP contribution in [0.5, 0.6) is 11.5 Å². The highest BCUT2D eigenvalue weighted by Gasteiger charge is 2.11. The van der Waals surface area contributed by atoms with Crippen LogP contribution >= 0.6 is 0 Å². The Labute approximate surface area is 159 Å². The number of aromatic hydroxyl groups is 1. The van der Waals surface area contributed by atoms with Crippen molar-refractivity contribution in [2.45, 2.75) is 13.3 Å². The first kappa shape index (κ1) is 19.0. The molecule has 144 valence electrons. The van der Waals surface area contributed by atoms with Crippen molar-refractivity contribution in [1.29, 1.82) is 0 Å². The minimum absolute atomic E-state index is 0.0903. The number of benzene rings is 2. The molecule has 0 radical (unpaired) electrons. The van der Waals surface area contributed by atoms with Crippen molar-refractivity contribution in [3.05, 3.63) is 64.0 Å². The maximum Gasteiger partial charge on any atom is 0.336 e. The van der Waals surface area contributed by atoms with Crippen LogP contribution in [-0.4, -0.2) is 28.7 Å². The molecule has 1 heterocycles. The van der Waals surface area contributed by atoms with E-state index in [1.807, 2.05) is 0 Å². The molecule has 2 aromatic carbocycles. The van der Waals surface area contributed by atoms with E-state index in [1.54, 1.807) is 19.1 Å². The average molecular weight is 383 g/mol. The van der Waals surface area contributed by atoms with E-state index in [1.165, 1.54) is 30.3 Å². The monoisotopic (exact) mass is 383 g/mol. The molecule has 3 rings (SSSR count). The van der Waals surface area contributed by atoms with Crippen molar-refractivity contribution >= 4 is 28.5 Å². The van der Waals surface area contributed by atoms with E-state index in [2.05, 4.69) is 5.32 Å². The lowest BCUT2D eigenvalue weighted by Gasteiger charge is -2.10. The van der Waals surface area contributed by atoms with Crippen LogP contribution in [0.15, 0.2) is 51.7 Å². The van der Waals surface area contributed by atoms with Crippen LogP contribution in [0.3, 0.4) is 0 Å². The number of phenols is 1. The lowest BCUT2D eigenvalue weighted by atomic mass is 10.1. The molecule has 3 aromatic rings. The molecule has 3 N–H and O–H groups in total. The summed E-state index contributed by atoms with van der Waals surface area (Å²) in [6.07, 6.45) is -0.235. The second-order valence-corrected chi connectivity index (χ2v) is 6.17. The second-order valence-electron chi connectivity index (χ2n) is 6.17. The number of carbonyl (C=O) groups is 2. The number of hydrogen-bond acceptors (Lipinski definition) is 6. The summed E-state index contributed by atoms with van der Waals surface area (Å²) >= 11 is 0. The van der Waals surface area contributed by atoms with Crippen LogP contribution in [0.4, 0.5) is 5.69 Å². The van der Waals surface area contributed by atoms with E-state index in [-0.39, 0.29) is 24.5 Å². The van der Waals surface area contributed by atoms with Gasteiger partial charge in [-0.15, -0.1) is 0 Å². The number of hydrogen-bond donors (Lipinski definition) is 3. The molecule has 0 bridgehead atoms. The highest BCUT2D eigenvalue weighted by Crippen LogP contribution is 2.25. The lowest BCUT2D eigenvalue weighted by Crippen LogP contribution is -2.20. The largest absolute Gasteiger partial charge is 0.506 e. The number of anilines is 1. The molecule has 0 unspecified atom stereocenters. The predicted molar refractivity (Wildman–Crippen MR) is 101 cm³/mol. The van der Waals surface area contributed by atoms with Crippen LogP contribution in [0.1, 0.15) is 11.1 Å². The molecule has 1 aromatic heterocycles. The molecule has 0 fully saturated rings. The number of amides is 1. The number of carbonyl (C=O) groups excluding carboxylic acids is 1. The molecule has 8 heteroatoms. The Morgan fingerprint density at radius 1 is 1.14 bits per heavy atom. The Balaban J connectivity index is 1.68.